The van der Waals surface area contributed by atoms with Crippen molar-refractivity contribution in [2.75, 3.05) is 19.1 Å². The maximum atomic E-state index is 12.4. The van der Waals surface area contributed by atoms with Crippen molar-refractivity contribution in [1.29, 1.82) is 0 Å². The second-order valence-electron chi connectivity index (χ2n) is 4.78. The molecule has 0 aliphatic carbocycles. The van der Waals surface area contributed by atoms with E-state index in [-0.39, 0.29) is 30.5 Å². The van der Waals surface area contributed by atoms with Crippen molar-refractivity contribution in [3.05, 3.63) is 41.7 Å². The maximum absolute atomic E-state index is 12.4. The van der Waals surface area contributed by atoms with E-state index in [1.54, 1.807) is 18.4 Å². The Morgan fingerprint density at radius 2 is 1.71 bits per heavy atom. The van der Waals surface area contributed by atoms with Crippen LogP contribution in [0, 0.1) is 0 Å². The number of rotatable bonds is 7. The van der Waals surface area contributed by atoms with Gasteiger partial charge < -0.3 is 14.0 Å². The predicted octanol–water partition coefficient (Wildman–Crippen LogP) is 3.14. The van der Waals surface area contributed by atoms with Crippen molar-refractivity contribution in [2.24, 2.45) is 0 Å². The van der Waals surface area contributed by atoms with E-state index in [9.17, 15) is 9.59 Å². The molecule has 0 atom stereocenters. The number of imidazole rings is 1. The van der Waals surface area contributed by atoms with E-state index in [1.165, 1.54) is 0 Å². The van der Waals surface area contributed by atoms with Gasteiger partial charge in [0, 0.05) is 18.0 Å². The molecule has 24 heavy (non-hydrogen) atoms. The lowest BCUT2D eigenvalue weighted by atomic mass is 10.2. The van der Waals surface area contributed by atoms with Gasteiger partial charge in [0.25, 0.3) is 0 Å². The van der Waals surface area contributed by atoms with Crippen molar-refractivity contribution in [1.82, 2.24) is 9.55 Å². The van der Waals surface area contributed by atoms with Crippen LogP contribution < -0.4 is 0 Å². The number of benzene rings is 1. The highest BCUT2D eigenvalue weighted by molar-refractivity contribution is 6.17. The number of nitrogens with zero attached hydrogens (tertiary/aromatic N) is 2. The van der Waals surface area contributed by atoms with Gasteiger partial charge >= 0.3 is 11.9 Å². The molecule has 2 rings (SSSR count). The molecule has 2 aromatic rings. The van der Waals surface area contributed by atoms with Crippen LogP contribution in [0.1, 0.15) is 34.8 Å². The second-order valence-corrected chi connectivity index (χ2v) is 5.16. The zero-order valence-electron chi connectivity index (χ0n) is 13.6. The van der Waals surface area contributed by atoms with Crippen LogP contribution in [0.2, 0.25) is 0 Å². The van der Waals surface area contributed by atoms with Gasteiger partial charge in [0.2, 0.25) is 0 Å². The second kappa shape index (κ2) is 8.49. The van der Waals surface area contributed by atoms with Crippen LogP contribution in [-0.2, 0) is 16.0 Å². The molecule has 0 aliphatic heterocycles. The number of hydrogen-bond acceptors (Lipinski definition) is 5. The zero-order valence-corrected chi connectivity index (χ0v) is 14.4. The molecule has 0 unspecified atom stereocenters. The lowest BCUT2D eigenvalue weighted by Crippen LogP contribution is -2.18. The average molecular weight is 351 g/mol. The van der Waals surface area contributed by atoms with E-state index in [4.69, 9.17) is 21.1 Å². The highest BCUT2D eigenvalue weighted by Gasteiger charge is 2.29. The van der Waals surface area contributed by atoms with E-state index in [0.29, 0.717) is 12.4 Å². The van der Waals surface area contributed by atoms with Crippen molar-refractivity contribution in [2.45, 2.75) is 20.4 Å². The fourth-order valence-electron chi connectivity index (χ4n) is 2.31. The quantitative estimate of drug-likeness (QED) is 0.566. The summed E-state index contributed by atoms with van der Waals surface area (Å²) in [7, 11) is 0. The van der Waals surface area contributed by atoms with Crippen molar-refractivity contribution < 1.29 is 19.1 Å². The number of aromatic nitrogens is 2. The molecule has 0 fully saturated rings. The number of esters is 2. The number of hydrogen-bond donors (Lipinski definition) is 0. The van der Waals surface area contributed by atoms with Crippen LogP contribution in [0.25, 0.3) is 11.4 Å². The molecular formula is C17H19ClN2O4. The van der Waals surface area contributed by atoms with Gasteiger partial charge in [0.15, 0.2) is 11.4 Å². The largest absolute Gasteiger partial charge is 0.461 e. The number of carbonyl (C=O) groups is 2. The lowest BCUT2D eigenvalue weighted by Gasteiger charge is -2.10. The Balaban J connectivity index is 2.65. The van der Waals surface area contributed by atoms with Gasteiger partial charge in [-0.25, -0.2) is 14.6 Å². The smallest absolute Gasteiger partial charge is 0.359 e. The van der Waals surface area contributed by atoms with Crippen molar-refractivity contribution in [3.8, 4) is 11.4 Å². The first-order valence-electron chi connectivity index (χ1n) is 7.70. The van der Waals surface area contributed by atoms with Gasteiger partial charge in [-0.05, 0) is 13.8 Å². The summed E-state index contributed by atoms with van der Waals surface area (Å²) in [5.74, 6) is -0.557. The van der Waals surface area contributed by atoms with Crippen LogP contribution >= 0.6 is 11.6 Å². The Bertz CT molecular complexity index is 713. The maximum Gasteiger partial charge on any atom is 0.359 e. The summed E-state index contributed by atoms with van der Waals surface area (Å²) in [5, 5.41) is 0. The Morgan fingerprint density at radius 3 is 2.29 bits per heavy atom. The monoisotopic (exact) mass is 350 g/mol. The molecule has 0 bridgehead atoms. The highest BCUT2D eigenvalue weighted by atomic mass is 35.5. The number of carbonyl (C=O) groups excluding carboxylic acids is 2. The van der Waals surface area contributed by atoms with Gasteiger partial charge in [-0.3, -0.25) is 0 Å². The molecular weight excluding hydrogens is 332 g/mol. The van der Waals surface area contributed by atoms with Crippen molar-refractivity contribution >= 4 is 23.5 Å². The number of halogens is 1. The fourth-order valence-corrected chi connectivity index (χ4v) is 2.48. The Morgan fingerprint density at radius 1 is 1.08 bits per heavy atom. The minimum Gasteiger partial charge on any atom is -0.461 e. The van der Waals surface area contributed by atoms with Crippen molar-refractivity contribution in [3.63, 3.8) is 0 Å². The molecule has 128 valence electrons. The number of ether oxygens (including phenoxy) is 2. The molecule has 1 aromatic carbocycles. The van der Waals surface area contributed by atoms with E-state index >= 15 is 0 Å². The standard InChI is InChI=1S/C17H19ClN2O4/c1-3-23-16(21)13-14(17(22)24-4-2)20(11-10-18)15(19-13)12-8-6-5-7-9-12/h5-9H,3-4,10-11H2,1-2H3. The van der Waals surface area contributed by atoms with E-state index in [2.05, 4.69) is 4.98 Å². The zero-order chi connectivity index (χ0) is 17.5. The molecule has 0 aliphatic rings. The van der Waals surface area contributed by atoms with Gasteiger partial charge in [0.1, 0.15) is 5.82 Å². The van der Waals surface area contributed by atoms with E-state index < -0.39 is 11.9 Å². The summed E-state index contributed by atoms with van der Waals surface area (Å²) in [6, 6.07) is 9.26. The SMILES string of the molecule is CCOC(=O)c1nc(-c2ccccc2)n(CCCl)c1C(=O)OCC. The van der Waals surface area contributed by atoms with Gasteiger partial charge in [-0.15, -0.1) is 11.6 Å². The number of alkyl halides is 1. The summed E-state index contributed by atoms with van der Waals surface area (Å²) in [6.07, 6.45) is 0. The molecule has 0 amide bonds. The molecule has 0 N–H and O–H groups in total. The minimum atomic E-state index is -0.661. The summed E-state index contributed by atoms with van der Waals surface area (Å²) >= 11 is 5.88. The van der Waals surface area contributed by atoms with E-state index in [0.717, 1.165) is 5.56 Å². The topological polar surface area (TPSA) is 70.4 Å². The summed E-state index contributed by atoms with van der Waals surface area (Å²) < 4.78 is 11.7. The Labute approximate surface area is 145 Å². The first kappa shape index (κ1) is 18.0. The minimum absolute atomic E-state index is 0.0562. The Hall–Kier alpha value is -2.34. The fraction of sp³-hybridized carbons (Fsp3) is 0.353. The van der Waals surface area contributed by atoms with Crippen LogP contribution in [0.15, 0.2) is 30.3 Å². The van der Waals surface area contributed by atoms with Gasteiger partial charge in [-0.2, -0.15) is 0 Å². The Kier molecular flexibility index (Phi) is 6.37. The first-order valence-corrected chi connectivity index (χ1v) is 8.23. The van der Waals surface area contributed by atoms with Gasteiger partial charge in [-0.1, -0.05) is 30.3 Å². The molecule has 0 radical (unpaired) electrons. The van der Waals surface area contributed by atoms with Crippen LogP contribution in [0.3, 0.4) is 0 Å². The molecule has 7 heteroatoms. The predicted molar refractivity (Wildman–Crippen MR) is 90.3 cm³/mol. The summed E-state index contributed by atoms with van der Waals surface area (Å²) in [5.41, 5.74) is 0.776. The molecule has 6 nitrogen and oxygen atoms in total. The first-order chi connectivity index (χ1) is 11.6. The third-order valence-electron chi connectivity index (χ3n) is 3.25. The summed E-state index contributed by atoms with van der Waals surface area (Å²) in [4.78, 5) is 29.0. The normalized spacial score (nSPS) is 10.5. The highest BCUT2D eigenvalue weighted by Crippen LogP contribution is 2.24. The van der Waals surface area contributed by atoms with Crippen LogP contribution in [0.4, 0.5) is 0 Å². The average Bonchev–Trinajstić information content (AvgIpc) is 2.96. The van der Waals surface area contributed by atoms with Gasteiger partial charge in [0.05, 0.1) is 13.2 Å². The molecule has 0 saturated heterocycles. The van der Waals surface area contributed by atoms with Crippen LogP contribution in [-0.4, -0.2) is 40.6 Å². The molecule has 1 aromatic heterocycles. The van der Waals surface area contributed by atoms with Crippen LogP contribution in [0.5, 0.6) is 0 Å². The molecule has 0 spiro atoms. The lowest BCUT2D eigenvalue weighted by molar-refractivity contribution is 0.0467. The summed E-state index contributed by atoms with van der Waals surface area (Å²) in [6.45, 7) is 4.07. The van der Waals surface area contributed by atoms with E-state index in [1.807, 2.05) is 30.3 Å². The molecule has 0 saturated carbocycles. The molecule has 1 heterocycles. The third kappa shape index (κ3) is 3.76. The third-order valence-corrected chi connectivity index (χ3v) is 3.41.